The Morgan fingerprint density at radius 2 is 2.00 bits per heavy atom. The molecule has 3 aromatic rings. The first-order chi connectivity index (χ1) is 14.1. The first-order valence-corrected chi connectivity index (χ1v) is 9.88. The summed E-state index contributed by atoms with van der Waals surface area (Å²) in [6, 6.07) is 0. The zero-order valence-corrected chi connectivity index (χ0v) is 16.6. The SMILES string of the molecule is Cc1noc(C)c1CC(=O)NCC1CCC(c2nnc(-c3cnccn3)o2)CC1. The van der Waals surface area contributed by atoms with Gasteiger partial charge in [-0.05, 0) is 45.4 Å². The molecule has 1 saturated carbocycles. The van der Waals surface area contributed by atoms with Crippen LogP contribution in [-0.4, -0.2) is 37.8 Å². The fourth-order valence-electron chi connectivity index (χ4n) is 3.76. The summed E-state index contributed by atoms with van der Waals surface area (Å²) < 4.78 is 10.9. The second-order valence-electron chi connectivity index (χ2n) is 7.54. The summed E-state index contributed by atoms with van der Waals surface area (Å²) >= 11 is 0. The number of amides is 1. The minimum Gasteiger partial charge on any atom is -0.419 e. The molecule has 0 aliphatic heterocycles. The Labute approximate surface area is 168 Å². The Hall–Kier alpha value is -3.10. The van der Waals surface area contributed by atoms with Crippen LogP contribution in [0.4, 0.5) is 0 Å². The van der Waals surface area contributed by atoms with Crippen molar-refractivity contribution < 1.29 is 13.7 Å². The molecular weight excluding hydrogens is 372 g/mol. The van der Waals surface area contributed by atoms with Gasteiger partial charge in [0.2, 0.25) is 11.8 Å². The van der Waals surface area contributed by atoms with Crippen molar-refractivity contribution in [3.05, 3.63) is 41.5 Å². The number of carbonyl (C=O) groups excluding carboxylic acids is 1. The minimum absolute atomic E-state index is 0.00652. The van der Waals surface area contributed by atoms with E-state index in [9.17, 15) is 4.79 Å². The Kier molecular flexibility index (Phi) is 5.64. The van der Waals surface area contributed by atoms with Crippen molar-refractivity contribution in [2.45, 2.75) is 51.9 Å². The molecule has 0 unspecified atom stereocenters. The Morgan fingerprint density at radius 1 is 1.17 bits per heavy atom. The van der Waals surface area contributed by atoms with Crippen LogP contribution < -0.4 is 5.32 Å². The molecule has 1 amide bonds. The third-order valence-electron chi connectivity index (χ3n) is 5.53. The molecule has 0 spiro atoms. The van der Waals surface area contributed by atoms with Crippen LogP contribution in [0, 0.1) is 19.8 Å². The predicted molar refractivity (Wildman–Crippen MR) is 103 cm³/mol. The number of hydrogen-bond donors (Lipinski definition) is 1. The first kappa shape index (κ1) is 19.2. The molecule has 1 aliphatic carbocycles. The smallest absolute Gasteiger partial charge is 0.267 e. The molecule has 1 N–H and O–H groups in total. The maximum atomic E-state index is 12.3. The number of nitrogens with one attached hydrogen (secondary N) is 1. The van der Waals surface area contributed by atoms with Gasteiger partial charge in [0.05, 0.1) is 18.3 Å². The molecule has 9 heteroatoms. The number of aromatic nitrogens is 5. The van der Waals surface area contributed by atoms with Gasteiger partial charge in [0.25, 0.3) is 5.89 Å². The quantitative estimate of drug-likeness (QED) is 0.675. The van der Waals surface area contributed by atoms with Crippen molar-refractivity contribution >= 4 is 5.91 Å². The van der Waals surface area contributed by atoms with Crippen LogP contribution in [0.3, 0.4) is 0 Å². The summed E-state index contributed by atoms with van der Waals surface area (Å²) in [5.74, 6) is 2.49. The lowest BCUT2D eigenvalue weighted by Crippen LogP contribution is -2.32. The van der Waals surface area contributed by atoms with E-state index < -0.39 is 0 Å². The van der Waals surface area contributed by atoms with Gasteiger partial charge in [-0.15, -0.1) is 10.2 Å². The van der Waals surface area contributed by atoms with Gasteiger partial charge in [-0.3, -0.25) is 9.78 Å². The summed E-state index contributed by atoms with van der Waals surface area (Å²) in [5, 5.41) is 15.3. The molecule has 0 aromatic carbocycles. The molecule has 3 aromatic heterocycles. The van der Waals surface area contributed by atoms with Gasteiger partial charge in [0, 0.05) is 30.4 Å². The minimum atomic E-state index is 0.00652. The van der Waals surface area contributed by atoms with Gasteiger partial charge in [-0.25, -0.2) is 4.98 Å². The maximum absolute atomic E-state index is 12.3. The van der Waals surface area contributed by atoms with Crippen molar-refractivity contribution in [2.75, 3.05) is 6.54 Å². The fraction of sp³-hybridized carbons (Fsp3) is 0.500. The van der Waals surface area contributed by atoms with E-state index in [2.05, 4.69) is 30.6 Å². The maximum Gasteiger partial charge on any atom is 0.267 e. The standard InChI is InChI=1S/C20H24N6O3/c1-12-16(13(2)29-26-12)9-18(27)23-10-14-3-5-15(6-4-14)19-24-25-20(28-19)17-11-21-7-8-22-17/h7-8,11,14-15H,3-6,9-10H2,1-2H3,(H,23,27). The monoisotopic (exact) mass is 396 g/mol. The highest BCUT2D eigenvalue weighted by Crippen LogP contribution is 2.35. The second-order valence-corrected chi connectivity index (χ2v) is 7.54. The van der Waals surface area contributed by atoms with Crippen LogP contribution in [0.15, 0.2) is 27.5 Å². The summed E-state index contributed by atoms with van der Waals surface area (Å²) in [6.45, 7) is 4.37. The lowest BCUT2D eigenvalue weighted by molar-refractivity contribution is -0.120. The van der Waals surface area contributed by atoms with Crippen molar-refractivity contribution in [2.24, 2.45) is 5.92 Å². The molecule has 152 valence electrons. The van der Waals surface area contributed by atoms with Crippen molar-refractivity contribution in [1.29, 1.82) is 0 Å². The van der Waals surface area contributed by atoms with Crippen LogP contribution in [0.5, 0.6) is 0 Å². The van der Waals surface area contributed by atoms with Gasteiger partial charge in [0.15, 0.2) is 0 Å². The fourth-order valence-corrected chi connectivity index (χ4v) is 3.76. The van der Waals surface area contributed by atoms with E-state index >= 15 is 0 Å². The van der Waals surface area contributed by atoms with Gasteiger partial charge < -0.3 is 14.3 Å². The summed E-state index contributed by atoms with van der Waals surface area (Å²) in [6.07, 6.45) is 9.08. The van der Waals surface area contributed by atoms with Gasteiger partial charge in [0.1, 0.15) is 11.5 Å². The van der Waals surface area contributed by atoms with E-state index in [0.29, 0.717) is 42.1 Å². The Balaban J connectivity index is 1.25. The molecule has 0 radical (unpaired) electrons. The van der Waals surface area contributed by atoms with E-state index in [1.54, 1.807) is 18.6 Å². The largest absolute Gasteiger partial charge is 0.419 e. The molecule has 1 fully saturated rings. The highest BCUT2D eigenvalue weighted by Gasteiger charge is 2.27. The van der Waals surface area contributed by atoms with E-state index in [1.807, 2.05) is 13.8 Å². The number of rotatable bonds is 6. The number of nitrogens with zero attached hydrogens (tertiary/aromatic N) is 5. The third-order valence-corrected chi connectivity index (χ3v) is 5.53. The van der Waals surface area contributed by atoms with Gasteiger partial charge in [-0.2, -0.15) is 0 Å². The van der Waals surface area contributed by atoms with Crippen LogP contribution in [0.1, 0.15) is 54.5 Å². The van der Waals surface area contributed by atoms with Crippen LogP contribution in [0.25, 0.3) is 11.6 Å². The molecule has 3 heterocycles. The molecule has 0 saturated heterocycles. The Bertz CT molecular complexity index is 940. The van der Waals surface area contributed by atoms with Crippen LogP contribution in [-0.2, 0) is 11.2 Å². The highest BCUT2D eigenvalue weighted by atomic mass is 16.5. The average Bonchev–Trinajstić information content (AvgIpc) is 3.36. The third kappa shape index (κ3) is 4.49. The lowest BCUT2D eigenvalue weighted by atomic mass is 9.82. The number of carbonyl (C=O) groups is 1. The number of hydrogen-bond acceptors (Lipinski definition) is 8. The Morgan fingerprint density at radius 3 is 2.69 bits per heavy atom. The predicted octanol–water partition coefficient (Wildman–Crippen LogP) is 2.76. The van der Waals surface area contributed by atoms with Gasteiger partial charge in [-0.1, -0.05) is 5.16 Å². The second kappa shape index (κ2) is 8.50. The molecule has 29 heavy (non-hydrogen) atoms. The number of aryl methyl sites for hydroxylation is 2. The lowest BCUT2D eigenvalue weighted by Gasteiger charge is -2.26. The topological polar surface area (TPSA) is 120 Å². The summed E-state index contributed by atoms with van der Waals surface area (Å²) in [5.41, 5.74) is 2.24. The molecular formula is C20H24N6O3. The normalized spacial score (nSPS) is 19.2. The van der Waals surface area contributed by atoms with Crippen molar-refractivity contribution in [1.82, 2.24) is 30.6 Å². The van der Waals surface area contributed by atoms with Crippen LogP contribution in [0.2, 0.25) is 0 Å². The highest BCUT2D eigenvalue weighted by molar-refractivity contribution is 5.78. The molecule has 9 nitrogen and oxygen atoms in total. The zero-order valence-electron chi connectivity index (χ0n) is 16.6. The molecule has 1 aliphatic rings. The van der Waals surface area contributed by atoms with Crippen molar-refractivity contribution in [3.8, 4) is 11.6 Å². The van der Waals surface area contributed by atoms with Crippen molar-refractivity contribution in [3.63, 3.8) is 0 Å². The summed E-state index contributed by atoms with van der Waals surface area (Å²) in [7, 11) is 0. The van der Waals surface area contributed by atoms with E-state index in [0.717, 1.165) is 36.9 Å². The zero-order chi connectivity index (χ0) is 20.2. The molecule has 4 rings (SSSR count). The average molecular weight is 396 g/mol. The van der Waals surface area contributed by atoms with E-state index in [1.165, 1.54) is 0 Å². The van der Waals surface area contributed by atoms with E-state index in [-0.39, 0.29) is 11.8 Å². The van der Waals surface area contributed by atoms with E-state index in [4.69, 9.17) is 8.94 Å². The summed E-state index contributed by atoms with van der Waals surface area (Å²) in [4.78, 5) is 20.5. The molecule has 0 atom stereocenters. The first-order valence-electron chi connectivity index (χ1n) is 9.88. The van der Waals surface area contributed by atoms with Crippen LogP contribution >= 0.6 is 0 Å². The molecule has 0 bridgehead atoms. The van der Waals surface area contributed by atoms with Gasteiger partial charge >= 0.3 is 0 Å².